The monoisotopic (exact) mass is 211 g/mol. The summed E-state index contributed by atoms with van der Waals surface area (Å²) < 4.78 is 0. The van der Waals surface area contributed by atoms with Crippen molar-refractivity contribution < 1.29 is 20.1 Å². The van der Waals surface area contributed by atoms with Crippen molar-refractivity contribution in [2.45, 2.75) is 6.10 Å². The number of hydrogen-bond acceptors (Lipinski definition) is 4. The van der Waals surface area contributed by atoms with Gasteiger partial charge in [0.25, 0.3) is 0 Å². The fourth-order valence-corrected chi connectivity index (χ4v) is 1.06. The minimum Gasteiger partial charge on any atom is -0.478 e. The molecule has 0 amide bonds. The van der Waals surface area contributed by atoms with Crippen molar-refractivity contribution in [3.8, 4) is 0 Å². The highest BCUT2D eigenvalue weighted by Crippen LogP contribution is 2.10. The minimum atomic E-state index is -0.999. The van der Waals surface area contributed by atoms with E-state index in [-0.39, 0.29) is 18.7 Å². The molecule has 4 N–H and O–H groups in total. The van der Waals surface area contributed by atoms with Gasteiger partial charge in [-0.05, 0) is 18.2 Å². The summed E-state index contributed by atoms with van der Waals surface area (Å²) in [5.74, 6) is -0.999. The zero-order valence-corrected chi connectivity index (χ0v) is 8.05. The Labute approximate surface area is 87.0 Å². The molecular formula is C10H13NO4. The van der Waals surface area contributed by atoms with Crippen molar-refractivity contribution in [1.29, 1.82) is 0 Å². The number of aromatic carboxylic acids is 1. The topological polar surface area (TPSA) is 89.8 Å². The Morgan fingerprint density at radius 3 is 2.80 bits per heavy atom. The molecule has 1 rings (SSSR count). The van der Waals surface area contributed by atoms with Crippen LogP contribution in [0.4, 0.5) is 5.69 Å². The molecule has 1 atom stereocenters. The van der Waals surface area contributed by atoms with Crippen LogP contribution in [0.25, 0.3) is 0 Å². The summed E-state index contributed by atoms with van der Waals surface area (Å²) in [6.07, 6.45) is -0.849. The van der Waals surface area contributed by atoms with Crippen molar-refractivity contribution in [2.75, 3.05) is 18.5 Å². The van der Waals surface area contributed by atoms with Crippen LogP contribution in [0.3, 0.4) is 0 Å². The Morgan fingerprint density at radius 1 is 1.47 bits per heavy atom. The first-order valence-corrected chi connectivity index (χ1v) is 4.49. The molecule has 1 aromatic carbocycles. The summed E-state index contributed by atoms with van der Waals surface area (Å²) >= 11 is 0. The third kappa shape index (κ3) is 3.57. The molecule has 0 saturated carbocycles. The van der Waals surface area contributed by atoms with Gasteiger partial charge in [0.1, 0.15) is 0 Å². The number of carboxylic acid groups (broad SMARTS) is 1. The van der Waals surface area contributed by atoms with Gasteiger partial charge in [-0.3, -0.25) is 0 Å². The van der Waals surface area contributed by atoms with E-state index in [0.29, 0.717) is 5.69 Å². The molecule has 5 nitrogen and oxygen atoms in total. The van der Waals surface area contributed by atoms with Crippen molar-refractivity contribution in [3.63, 3.8) is 0 Å². The summed E-state index contributed by atoms with van der Waals surface area (Å²) in [5, 5.41) is 29.2. The summed E-state index contributed by atoms with van der Waals surface area (Å²) in [5.41, 5.74) is 0.779. The molecule has 5 heteroatoms. The first kappa shape index (κ1) is 11.5. The third-order valence-electron chi connectivity index (χ3n) is 1.86. The van der Waals surface area contributed by atoms with E-state index in [1.54, 1.807) is 12.1 Å². The maximum absolute atomic E-state index is 10.6. The van der Waals surface area contributed by atoms with E-state index >= 15 is 0 Å². The predicted octanol–water partition coefficient (Wildman–Crippen LogP) is 0.150. The number of carboxylic acids is 1. The van der Waals surface area contributed by atoms with Gasteiger partial charge >= 0.3 is 5.97 Å². The molecule has 15 heavy (non-hydrogen) atoms. The lowest BCUT2D eigenvalue weighted by atomic mass is 10.2. The molecule has 1 unspecified atom stereocenters. The summed E-state index contributed by atoms with van der Waals surface area (Å²) in [6, 6.07) is 6.25. The molecule has 0 fully saturated rings. The maximum atomic E-state index is 10.6. The molecule has 0 heterocycles. The van der Waals surface area contributed by atoms with E-state index in [1.165, 1.54) is 12.1 Å². The Hall–Kier alpha value is -1.59. The van der Waals surface area contributed by atoms with Crippen LogP contribution in [0, 0.1) is 0 Å². The number of hydrogen-bond donors (Lipinski definition) is 4. The van der Waals surface area contributed by atoms with Crippen LogP contribution in [0.5, 0.6) is 0 Å². The van der Waals surface area contributed by atoms with Crippen LogP contribution >= 0.6 is 0 Å². The Morgan fingerprint density at radius 2 is 2.20 bits per heavy atom. The zero-order chi connectivity index (χ0) is 11.3. The normalized spacial score (nSPS) is 12.1. The molecular weight excluding hydrogens is 198 g/mol. The summed E-state index contributed by atoms with van der Waals surface area (Å²) in [7, 11) is 0. The second-order valence-electron chi connectivity index (χ2n) is 3.10. The number of rotatable bonds is 5. The van der Waals surface area contributed by atoms with Crippen LogP contribution in [-0.2, 0) is 0 Å². The first-order valence-electron chi connectivity index (χ1n) is 4.49. The molecule has 1 aromatic rings. The molecule has 0 spiro atoms. The van der Waals surface area contributed by atoms with E-state index in [4.69, 9.17) is 15.3 Å². The number of aliphatic hydroxyl groups excluding tert-OH is 2. The predicted molar refractivity (Wildman–Crippen MR) is 55.0 cm³/mol. The standard InChI is InChI=1S/C10H13NO4/c12-6-9(13)5-11-8-3-1-2-7(4-8)10(14)15/h1-4,9,11-13H,5-6H2,(H,14,15). The van der Waals surface area contributed by atoms with Crippen LogP contribution in [-0.4, -0.2) is 40.5 Å². The highest BCUT2D eigenvalue weighted by atomic mass is 16.4. The minimum absolute atomic E-state index is 0.179. The lowest BCUT2D eigenvalue weighted by Crippen LogP contribution is -2.22. The fourth-order valence-electron chi connectivity index (χ4n) is 1.06. The molecule has 0 aliphatic heterocycles. The Kier molecular flexibility index (Phi) is 4.08. The molecule has 0 bridgehead atoms. The van der Waals surface area contributed by atoms with Gasteiger partial charge < -0.3 is 20.6 Å². The third-order valence-corrected chi connectivity index (χ3v) is 1.86. The Bertz CT molecular complexity index is 340. The van der Waals surface area contributed by atoms with Crippen molar-refractivity contribution in [3.05, 3.63) is 29.8 Å². The molecule has 0 aliphatic rings. The van der Waals surface area contributed by atoms with E-state index in [2.05, 4.69) is 5.32 Å². The van der Waals surface area contributed by atoms with Crippen molar-refractivity contribution in [2.24, 2.45) is 0 Å². The summed E-state index contributed by atoms with van der Waals surface area (Å²) in [6.45, 7) is -0.148. The van der Waals surface area contributed by atoms with Crippen molar-refractivity contribution >= 4 is 11.7 Å². The number of anilines is 1. The van der Waals surface area contributed by atoms with Crippen LogP contribution in [0.2, 0.25) is 0 Å². The van der Waals surface area contributed by atoms with E-state index in [0.717, 1.165) is 0 Å². The quantitative estimate of drug-likeness (QED) is 0.556. The van der Waals surface area contributed by atoms with Gasteiger partial charge in [-0.15, -0.1) is 0 Å². The van der Waals surface area contributed by atoms with Gasteiger partial charge in [0.05, 0.1) is 18.3 Å². The highest BCUT2D eigenvalue weighted by molar-refractivity contribution is 5.88. The maximum Gasteiger partial charge on any atom is 0.335 e. The Balaban J connectivity index is 2.62. The lowest BCUT2D eigenvalue weighted by Gasteiger charge is -2.10. The van der Waals surface area contributed by atoms with E-state index in [9.17, 15) is 4.79 Å². The molecule has 82 valence electrons. The smallest absolute Gasteiger partial charge is 0.335 e. The van der Waals surface area contributed by atoms with Crippen LogP contribution < -0.4 is 5.32 Å². The number of benzene rings is 1. The van der Waals surface area contributed by atoms with Gasteiger partial charge in [0.15, 0.2) is 0 Å². The number of nitrogens with one attached hydrogen (secondary N) is 1. The van der Waals surface area contributed by atoms with Crippen LogP contribution in [0.1, 0.15) is 10.4 Å². The molecule has 0 aliphatic carbocycles. The second-order valence-corrected chi connectivity index (χ2v) is 3.10. The SMILES string of the molecule is O=C(O)c1cccc(NCC(O)CO)c1. The van der Waals surface area contributed by atoms with Gasteiger partial charge in [-0.25, -0.2) is 4.79 Å². The van der Waals surface area contributed by atoms with E-state index in [1.807, 2.05) is 0 Å². The molecule has 0 aromatic heterocycles. The van der Waals surface area contributed by atoms with Gasteiger partial charge in [-0.1, -0.05) is 6.07 Å². The second kappa shape index (κ2) is 5.33. The highest BCUT2D eigenvalue weighted by Gasteiger charge is 2.04. The lowest BCUT2D eigenvalue weighted by molar-refractivity contribution is 0.0697. The fraction of sp³-hybridized carbons (Fsp3) is 0.300. The zero-order valence-electron chi connectivity index (χ0n) is 8.05. The van der Waals surface area contributed by atoms with Gasteiger partial charge in [-0.2, -0.15) is 0 Å². The average Bonchev–Trinajstić information content (AvgIpc) is 2.26. The number of aliphatic hydroxyl groups is 2. The average molecular weight is 211 g/mol. The summed E-state index contributed by atoms with van der Waals surface area (Å²) in [4.78, 5) is 10.6. The van der Waals surface area contributed by atoms with E-state index < -0.39 is 12.1 Å². The van der Waals surface area contributed by atoms with Crippen molar-refractivity contribution in [1.82, 2.24) is 0 Å². The molecule has 0 radical (unpaired) electrons. The van der Waals surface area contributed by atoms with Gasteiger partial charge in [0.2, 0.25) is 0 Å². The van der Waals surface area contributed by atoms with Crippen LogP contribution in [0.15, 0.2) is 24.3 Å². The largest absolute Gasteiger partial charge is 0.478 e. The number of carbonyl (C=O) groups is 1. The van der Waals surface area contributed by atoms with Gasteiger partial charge in [0, 0.05) is 12.2 Å². The first-order chi connectivity index (χ1) is 7.13. The molecule has 0 saturated heterocycles.